The smallest absolute Gasteiger partial charge is 0.245 e. The first kappa shape index (κ1) is 15.1. The van der Waals surface area contributed by atoms with Gasteiger partial charge in [0, 0.05) is 13.2 Å². The van der Waals surface area contributed by atoms with Gasteiger partial charge in [-0.2, -0.15) is 0 Å². The van der Waals surface area contributed by atoms with Gasteiger partial charge in [0.05, 0.1) is 6.10 Å². The summed E-state index contributed by atoms with van der Waals surface area (Å²) in [5.74, 6) is 0.304. The number of hydrogen-bond acceptors (Lipinski definition) is 5. The first-order chi connectivity index (χ1) is 8.34. The number of hydrogen-bond donors (Lipinski definition) is 1. The van der Waals surface area contributed by atoms with E-state index >= 15 is 0 Å². The minimum absolute atomic E-state index is 0.132. The third-order valence-corrected chi connectivity index (χ3v) is 4.01. The molecule has 1 aromatic heterocycles. The van der Waals surface area contributed by atoms with Crippen LogP contribution in [0.4, 0.5) is 0 Å². The number of aryl methyl sites for hydroxylation is 2. The highest BCUT2D eigenvalue weighted by atomic mass is 32.2. The Morgan fingerprint density at radius 2 is 2.06 bits per heavy atom. The molecule has 0 fully saturated rings. The van der Waals surface area contributed by atoms with Crippen LogP contribution in [0.2, 0.25) is 0 Å². The van der Waals surface area contributed by atoms with Crippen LogP contribution in [-0.4, -0.2) is 32.8 Å². The minimum Gasteiger partial charge on any atom is -0.379 e. The maximum absolute atomic E-state index is 12.0. The molecule has 0 amide bonds. The van der Waals surface area contributed by atoms with Gasteiger partial charge in [-0.05, 0) is 34.1 Å². The van der Waals surface area contributed by atoms with E-state index in [2.05, 4.69) is 9.88 Å². The van der Waals surface area contributed by atoms with Crippen LogP contribution in [0.25, 0.3) is 0 Å². The molecule has 6 nitrogen and oxygen atoms in total. The lowest BCUT2D eigenvalue weighted by Crippen LogP contribution is -2.26. The van der Waals surface area contributed by atoms with E-state index in [0.29, 0.717) is 31.0 Å². The maximum Gasteiger partial charge on any atom is 0.245 e. The maximum atomic E-state index is 12.0. The fraction of sp³-hybridized carbons (Fsp3) is 0.727. The average Bonchev–Trinajstić information content (AvgIpc) is 2.57. The van der Waals surface area contributed by atoms with Gasteiger partial charge in [0.25, 0.3) is 0 Å². The van der Waals surface area contributed by atoms with Gasteiger partial charge in [-0.1, -0.05) is 5.16 Å². The molecule has 0 unspecified atom stereocenters. The monoisotopic (exact) mass is 276 g/mol. The van der Waals surface area contributed by atoms with E-state index in [4.69, 9.17) is 9.26 Å². The Balaban J connectivity index is 2.51. The molecule has 0 saturated heterocycles. The van der Waals surface area contributed by atoms with Crippen molar-refractivity contribution in [2.75, 3.05) is 13.2 Å². The SMILES string of the molecule is Cc1noc(C)c1S(=O)(=O)NCCCOC(C)C. The molecule has 1 heterocycles. The zero-order valence-electron chi connectivity index (χ0n) is 11.2. The van der Waals surface area contributed by atoms with Crippen molar-refractivity contribution in [3.05, 3.63) is 11.5 Å². The Labute approximate surface area is 108 Å². The van der Waals surface area contributed by atoms with Crippen molar-refractivity contribution in [1.82, 2.24) is 9.88 Å². The van der Waals surface area contributed by atoms with E-state index < -0.39 is 10.0 Å². The highest BCUT2D eigenvalue weighted by Gasteiger charge is 2.23. The highest BCUT2D eigenvalue weighted by Crippen LogP contribution is 2.18. The summed E-state index contributed by atoms with van der Waals surface area (Å²) in [6.07, 6.45) is 0.782. The molecule has 0 bridgehead atoms. The molecule has 0 aromatic carbocycles. The van der Waals surface area contributed by atoms with Gasteiger partial charge in [-0.25, -0.2) is 13.1 Å². The summed E-state index contributed by atoms with van der Waals surface area (Å²) in [5, 5.41) is 3.63. The van der Waals surface area contributed by atoms with Crippen molar-refractivity contribution in [1.29, 1.82) is 0 Å². The predicted molar refractivity (Wildman–Crippen MR) is 66.9 cm³/mol. The molecule has 0 aliphatic carbocycles. The van der Waals surface area contributed by atoms with Crippen molar-refractivity contribution in [3.63, 3.8) is 0 Å². The molecular formula is C11H20N2O4S. The zero-order valence-corrected chi connectivity index (χ0v) is 12.0. The van der Waals surface area contributed by atoms with E-state index in [1.54, 1.807) is 13.8 Å². The number of sulfonamides is 1. The van der Waals surface area contributed by atoms with Gasteiger partial charge in [-0.15, -0.1) is 0 Å². The van der Waals surface area contributed by atoms with Crippen molar-refractivity contribution in [3.8, 4) is 0 Å². The fourth-order valence-electron chi connectivity index (χ4n) is 1.53. The quantitative estimate of drug-likeness (QED) is 0.761. The van der Waals surface area contributed by atoms with Crippen LogP contribution in [0.3, 0.4) is 0 Å². The van der Waals surface area contributed by atoms with Crippen LogP contribution in [0.5, 0.6) is 0 Å². The van der Waals surface area contributed by atoms with E-state index in [-0.39, 0.29) is 11.0 Å². The molecule has 0 aliphatic rings. The first-order valence-corrected chi connectivity index (χ1v) is 7.37. The van der Waals surface area contributed by atoms with Crippen molar-refractivity contribution in [2.24, 2.45) is 0 Å². The Morgan fingerprint density at radius 1 is 1.39 bits per heavy atom. The van der Waals surface area contributed by atoms with Crippen LogP contribution < -0.4 is 4.72 Å². The summed E-state index contributed by atoms with van der Waals surface area (Å²) >= 11 is 0. The third-order valence-electron chi connectivity index (χ3n) is 2.30. The van der Waals surface area contributed by atoms with E-state index in [9.17, 15) is 8.42 Å². The molecule has 0 spiro atoms. The van der Waals surface area contributed by atoms with Crippen molar-refractivity contribution in [2.45, 2.75) is 45.1 Å². The van der Waals surface area contributed by atoms with Crippen molar-refractivity contribution >= 4 is 10.0 Å². The Kier molecular flexibility index (Phi) is 5.30. The second-order valence-electron chi connectivity index (χ2n) is 4.32. The number of nitrogens with zero attached hydrogens (tertiary/aromatic N) is 1. The fourth-order valence-corrected chi connectivity index (χ4v) is 2.93. The van der Waals surface area contributed by atoms with E-state index in [1.165, 1.54) is 0 Å². The molecule has 1 N–H and O–H groups in total. The normalized spacial score (nSPS) is 12.3. The molecule has 18 heavy (non-hydrogen) atoms. The summed E-state index contributed by atoms with van der Waals surface area (Å²) in [6.45, 7) is 7.92. The summed E-state index contributed by atoms with van der Waals surface area (Å²) in [4.78, 5) is 0.132. The van der Waals surface area contributed by atoms with Gasteiger partial charge in [-0.3, -0.25) is 0 Å². The molecule has 1 rings (SSSR count). The zero-order chi connectivity index (χ0) is 13.8. The van der Waals surface area contributed by atoms with Gasteiger partial charge in [0.1, 0.15) is 10.6 Å². The lowest BCUT2D eigenvalue weighted by atomic mass is 10.4. The molecule has 0 atom stereocenters. The summed E-state index contributed by atoms with van der Waals surface area (Å²) in [7, 11) is -3.54. The predicted octanol–water partition coefficient (Wildman–Crippen LogP) is 1.38. The van der Waals surface area contributed by atoms with Crippen molar-refractivity contribution < 1.29 is 17.7 Å². The number of aromatic nitrogens is 1. The molecule has 104 valence electrons. The molecular weight excluding hydrogens is 256 g/mol. The lowest BCUT2D eigenvalue weighted by Gasteiger charge is -2.08. The Bertz CT molecular complexity index is 460. The molecule has 1 aromatic rings. The topological polar surface area (TPSA) is 81.4 Å². The summed E-state index contributed by atoms with van der Waals surface area (Å²) < 4.78 is 36.6. The Hall–Kier alpha value is -0.920. The lowest BCUT2D eigenvalue weighted by molar-refractivity contribution is 0.0778. The van der Waals surface area contributed by atoms with Gasteiger partial charge in [0.15, 0.2) is 5.76 Å². The summed E-state index contributed by atoms with van der Waals surface area (Å²) in [6, 6.07) is 0. The molecule has 0 radical (unpaired) electrons. The number of rotatable bonds is 7. The first-order valence-electron chi connectivity index (χ1n) is 5.88. The number of ether oxygens (including phenoxy) is 1. The Morgan fingerprint density at radius 3 is 2.56 bits per heavy atom. The van der Waals surface area contributed by atoms with Crippen LogP contribution in [0.15, 0.2) is 9.42 Å². The minimum atomic E-state index is -3.54. The molecule has 0 saturated carbocycles. The van der Waals surface area contributed by atoms with Gasteiger partial charge < -0.3 is 9.26 Å². The summed E-state index contributed by atoms with van der Waals surface area (Å²) in [5.41, 5.74) is 0.374. The van der Waals surface area contributed by atoms with Gasteiger partial charge in [0.2, 0.25) is 10.0 Å². The molecule has 0 aliphatic heterocycles. The van der Waals surface area contributed by atoms with E-state index in [0.717, 1.165) is 0 Å². The standard InChI is InChI=1S/C11H20N2O4S/c1-8(2)16-7-5-6-12-18(14,15)11-9(3)13-17-10(11)4/h8,12H,5-7H2,1-4H3. The number of nitrogens with one attached hydrogen (secondary N) is 1. The van der Waals surface area contributed by atoms with Gasteiger partial charge >= 0.3 is 0 Å². The largest absolute Gasteiger partial charge is 0.379 e. The molecule has 7 heteroatoms. The van der Waals surface area contributed by atoms with Crippen LogP contribution in [0, 0.1) is 13.8 Å². The van der Waals surface area contributed by atoms with E-state index in [1.807, 2.05) is 13.8 Å². The van der Waals surface area contributed by atoms with Crippen LogP contribution in [-0.2, 0) is 14.8 Å². The van der Waals surface area contributed by atoms with Crippen LogP contribution >= 0.6 is 0 Å². The highest BCUT2D eigenvalue weighted by molar-refractivity contribution is 7.89. The second-order valence-corrected chi connectivity index (χ2v) is 6.03. The van der Waals surface area contributed by atoms with Crippen LogP contribution in [0.1, 0.15) is 31.7 Å². The second kappa shape index (κ2) is 6.31. The third kappa shape index (κ3) is 4.08. The average molecular weight is 276 g/mol.